The zero-order chi connectivity index (χ0) is 17.8. The van der Waals surface area contributed by atoms with Crippen molar-refractivity contribution in [2.24, 2.45) is 0 Å². The van der Waals surface area contributed by atoms with Crippen LogP contribution in [0, 0.1) is 12.7 Å². The lowest BCUT2D eigenvalue weighted by atomic mass is 10.2. The van der Waals surface area contributed by atoms with Crippen molar-refractivity contribution in [3.8, 4) is 17.2 Å². The normalized spacial score (nSPS) is 10.5. The van der Waals surface area contributed by atoms with Crippen molar-refractivity contribution in [2.45, 2.75) is 13.5 Å². The monoisotopic (exact) mass is 340 g/mol. The van der Waals surface area contributed by atoms with Crippen LogP contribution >= 0.6 is 0 Å². The van der Waals surface area contributed by atoms with Gasteiger partial charge in [-0.2, -0.15) is 5.10 Å². The van der Waals surface area contributed by atoms with E-state index in [4.69, 9.17) is 9.47 Å². The van der Waals surface area contributed by atoms with Gasteiger partial charge in [-0.15, -0.1) is 0 Å². The SMILES string of the molecule is COc1cn(-c2ccc(OCc3ccccc3)cc2F)nc(C)c1=O. The van der Waals surface area contributed by atoms with E-state index in [-0.39, 0.29) is 22.6 Å². The van der Waals surface area contributed by atoms with Crippen LogP contribution in [0.1, 0.15) is 11.3 Å². The average Bonchev–Trinajstić information content (AvgIpc) is 2.63. The van der Waals surface area contributed by atoms with Gasteiger partial charge in [-0.25, -0.2) is 9.07 Å². The minimum absolute atomic E-state index is 0.108. The van der Waals surface area contributed by atoms with Gasteiger partial charge in [0.1, 0.15) is 23.7 Å². The molecule has 0 bridgehead atoms. The second-order valence-corrected chi connectivity index (χ2v) is 5.44. The van der Waals surface area contributed by atoms with Crippen LogP contribution in [0.15, 0.2) is 59.5 Å². The van der Waals surface area contributed by atoms with E-state index >= 15 is 0 Å². The highest BCUT2D eigenvalue weighted by Crippen LogP contribution is 2.21. The van der Waals surface area contributed by atoms with Crippen molar-refractivity contribution in [1.29, 1.82) is 0 Å². The van der Waals surface area contributed by atoms with Crippen LogP contribution < -0.4 is 14.9 Å². The van der Waals surface area contributed by atoms with E-state index in [1.807, 2.05) is 30.3 Å². The summed E-state index contributed by atoms with van der Waals surface area (Å²) in [6, 6.07) is 14.1. The molecule has 0 spiro atoms. The molecule has 1 aromatic heterocycles. The number of hydrogen-bond donors (Lipinski definition) is 0. The number of methoxy groups -OCH3 is 1. The van der Waals surface area contributed by atoms with Crippen LogP contribution in [0.3, 0.4) is 0 Å². The molecule has 0 aliphatic heterocycles. The minimum atomic E-state index is -0.511. The number of ether oxygens (including phenoxy) is 2. The summed E-state index contributed by atoms with van der Waals surface area (Å²) in [6.45, 7) is 1.90. The van der Waals surface area contributed by atoms with Gasteiger partial charge in [0.05, 0.1) is 13.3 Å². The molecule has 3 aromatic rings. The Bertz CT molecular complexity index is 939. The van der Waals surface area contributed by atoms with Gasteiger partial charge in [0.25, 0.3) is 0 Å². The predicted molar refractivity (Wildman–Crippen MR) is 91.9 cm³/mol. The number of hydrogen-bond acceptors (Lipinski definition) is 4. The lowest BCUT2D eigenvalue weighted by Crippen LogP contribution is -2.16. The molecule has 6 heteroatoms. The van der Waals surface area contributed by atoms with Gasteiger partial charge >= 0.3 is 0 Å². The first kappa shape index (κ1) is 16.7. The van der Waals surface area contributed by atoms with E-state index in [9.17, 15) is 9.18 Å². The fraction of sp³-hybridized carbons (Fsp3) is 0.158. The summed E-state index contributed by atoms with van der Waals surface area (Å²) in [7, 11) is 1.39. The Morgan fingerprint density at radius 1 is 1.16 bits per heavy atom. The van der Waals surface area contributed by atoms with Gasteiger partial charge in [0.15, 0.2) is 11.6 Å². The zero-order valence-corrected chi connectivity index (χ0v) is 13.9. The van der Waals surface area contributed by atoms with E-state index in [0.717, 1.165) is 5.56 Å². The van der Waals surface area contributed by atoms with Crippen molar-refractivity contribution < 1.29 is 13.9 Å². The van der Waals surface area contributed by atoms with E-state index in [0.29, 0.717) is 12.4 Å². The third-order valence-corrected chi connectivity index (χ3v) is 3.68. The maximum Gasteiger partial charge on any atom is 0.244 e. The molecule has 0 saturated carbocycles. The molecule has 0 fully saturated rings. The molecule has 0 saturated heterocycles. The standard InChI is InChI=1S/C19H17FN2O3/c1-13-19(23)18(24-2)11-22(21-13)17-9-8-15(10-16(17)20)25-12-14-6-4-3-5-7-14/h3-11H,12H2,1-2H3. The van der Waals surface area contributed by atoms with Gasteiger partial charge in [0, 0.05) is 6.07 Å². The largest absolute Gasteiger partial charge is 0.491 e. The van der Waals surface area contributed by atoms with Gasteiger partial charge in [-0.05, 0) is 24.6 Å². The van der Waals surface area contributed by atoms with E-state index in [1.165, 1.54) is 24.1 Å². The molecule has 0 amide bonds. The van der Waals surface area contributed by atoms with Crippen molar-refractivity contribution in [1.82, 2.24) is 9.78 Å². The fourth-order valence-corrected chi connectivity index (χ4v) is 2.36. The highest BCUT2D eigenvalue weighted by atomic mass is 19.1. The predicted octanol–water partition coefficient (Wildman–Crippen LogP) is 3.27. The molecule has 0 aliphatic rings. The van der Waals surface area contributed by atoms with Crippen LogP contribution in [0.5, 0.6) is 11.5 Å². The lowest BCUT2D eigenvalue weighted by Gasteiger charge is -2.11. The molecule has 128 valence electrons. The molecule has 25 heavy (non-hydrogen) atoms. The van der Waals surface area contributed by atoms with Crippen LogP contribution in [-0.4, -0.2) is 16.9 Å². The first-order valence-electron chi connectivity index (χ1n) is 7.69. The number of aromatic nitrogens is 2. The second-order valence-electron chi connectivity index (χ2n) is 5.44. The fourth-order valence-electron chi connectivity index (χ4n) is 2.36. The maximum absolute atomic E-state index is 14.5. The number of benzene rings is 2. The van der Waals surface area contributed by atoms with Crippen molar-refractivity contribution in [2.75, 3.05) is 7.11 Å². The first-order valence-corrected chi connectivity index (χ1v) is 7.69. The Kier molecular flexibility index (Phi) is 4.79. The summed E-state index contributed by atoms with van der Waals surface area (Å²) in [6.07, 6.45) is 1.36. The Morgan fingerprint density at radius 2 is 1.92 bits per heavy atom. The van der Waals surface area contributed by atoms with Gasteiger partial charge < -0.3 is 9.47 Å². The van der Waals surface area contributed by atoms with E-state index < -0.39 is 5.82 Å². The quantitative estimate of drug-likeness (QED) is 0.715. The van der Waals surface area contributed by atoms with Crippen LogP contribution in [0.4, 0.5) is 4.39 Å². The van der Waals surface area contributed by atoms with Gasteiger partial charge in [-0.3, -0.25) is 4.79 Å². The molecular weight excluding hydrogens is 323 g/mol. The maximum atomic E-state index is 14.5. The average molecular weight is 340 g/mol. The molecule has 0 N–H and O–H groups in total. The number of rotatable bonds is 5. The molecule has 3 rings (SSSR count). The summed E-state index contributed by atoms with van der Waals surface area (Å²) in [4.78, 5) is 11.8. The molecule has 0 aliphatic carbocycles. The number of halogens is 1. The Hall–Kier alpha value is -3.15. The Labute approximate surface area is 144 Å². The summed E-state index contributed by atoms with van der Waals surface area (Å²) in [5, 5.41) is 4.08. The molecule has 1 heterocycles. The molecule has 0 radical (unpaired) electrons. The molecule has 0 unspecified atom stereocenters. The van der Waals surface area contributed by atoms with Crippen LogP contribution in [0.25, 0.3) is 5.69 Å². The van der Waals surface area contributed by atoms with Crippen molar-refractivity contribution >= 4 is 0 Å². The van der Waals surface area contributed by atoms with Crippen molar-refractivity contribution in [3.05, 3.63) is 82.0 Å². The number of aryl methyl sites for hydroxylation is 1. The van der Waals surface area contributed by atoms with Crippen LogP contribution in [0.2, 0.25) is 0 Å². The van der Waals surface area contributed by atoms with Crippen molar-refractivity contribution in [3.63, 3.8) is 0 Å². The lowest BCUT2D eigenvalue weighted by molar-refractivity contribution is 0.304. The smallest absolute Gasteiger partial charge is 0.244 e. The second kappa shape index (κ2) is 7.17. The molecule has 2 aromatic carbocycles. The molecular formula is C19H17FN2O3. The Balaban J connectivity index is 1.85. The minimum Gasteiger partial charge on any atom is -0.491 e. The third-order valence-electron chi connectivity index (χ3n) is 3.68. The topological polar surface area (TPSA) is 53.4 Å². The summed E-state index contributed by atoms with van der Waals surface area (Å²) in [5.74, 6) is 0.00861. The highest BCUT2D eigenvalue weighted by molar-refractivity contribution is 5.39. The Morgan fingerprint density at radius 3 is 2.60 bits per heavy atom. The summed E-state index contributed by atoms with van der Waals surface area (Å²) < 4.78 is 26.4. The first-order chi connectivity index (χ1) is 12.1. The third kappa shape index (κ3) is 3.68. The zero-order valence-electron chi connectivity index (χ0n) is 13.9. The molecule has 5 nitrogen and oxygen atoms in total. The van der Waals surface area contributed by atoms with E-state index in [2.05, 4.69) is 5.10 Å². The highest BCUT2D eigenvalue weighted by Gasteiger charge is 2.11. The summed E-state index contributed by atoms with van der Waals surface area (Å²) >= 11 is 0. The van der Waals surface area contributed by atoms with Gasteiger partial charge in [-0.1, -0.05) is 30.3 Å². The van der Waals surface area contributed by atoms with Gasteiger partial charge in [0.2, 0.25) is 5.43 Å². The number of nitrogens with zero attached hydrogens (tertiary/aromatic N) is 2. The van der Waals surface area contributed by atoms with E-state index in [1.54, 1.807) is 19.1 Å². The molecule has 0 atom stereocenters. The van der Waals surface area contributed by atoms with Crippen LogP contribution in [-0.2, 0) is 6.61 Å². The summed E-state index contributed by atoms with van der Waals surface area (Å²) in [5.41, 5.74) is 1.10.